The van der Waals surface area contributed by atoms with Crippen LogP contribution in [0, 0.1) is 6.92 Å². The summed E-state index contributed by atoms with van der Waals surface area (Å²) in [5.74, 6) is -0.194. The maximum absolute atomic E-state index is 13.9. The number of nitrogens with one attached hydrogen (secondary N) is 1. The minimum atomic E-state index is -0.164. The summed E-state index contributed by atoms with van der Waals surface area (Å²) in [6.45, 7) is 2.58. The SMILES string of the molecule is Cc1ccccc1C(=O)Nc1ccc(C(=O)N2CCCC(N(C)C)c3ccccc32)c(N(C)C)c1. The summed E-state index contributed by atoms with van der Waals surface area (Å²) in [6, 6.07) is 21.5. The first-order valence-electron chi connectivity index (χ1n) is 12.0. The van der Waals surface area contributed by atoms with E-state index in [-0.39, 0.29) is 17.9 Å². The summed E-state index contributed by atoms with van der Waals surface area (Å²) in [5, 5.41) is 2.99. The Hall–Kier alpha value is -3.64. The number of carbonyl (C=O) groups excluding carboxylic acids is 2. The minimum Gasteiger partial charge on any atom is -0.377 e. The lowest BCUT2D eigenvalue weighted by Crippen LogP contribution is -2.33. The number of carbonyl (C=O) groups is 2. The Morgan fingerprint density at radius 3 is 2.34 bits per heavy atom. The molecule has 0 saturated carbocycles. The molecule has 1 aliphatic heterocycles. The molecule has 3 aromatic rings. The number of aryl methyl sites for hydroxylation is 1. The van der Waals surface area contributed by atoms with Crippen LogP contribution in [0.5, 0.6) is 0 Å². The van der Waals surface area contributed by atoms with Crippen LogP contribution in [0.25, 0.3) is 0 Å². The molecule has 35 heavy (non-hydrogen) atoms. The molecule has 1 unspecified atom stereocenters. The molecule has 6 nitrogen and oxygen atoms in total. The molecule has 1 aliphatic rings. The van der Waals surface area contributed by atoms with Gasteiger partial charge in [0.1, 0.15) is 0 Å². The van der Waals surface area contributed by atoms with Crippen molar-refractivity contribution in [1.82, 2.24) is 4.90 Å². The van der Waals surface area contributed by atoms with Crippen LogP contribution in [0.1, 0.15) is 50.7 Å². The third-order valence-electron chi connectivity index (χ3n) is 6.67. The van der Waals surface area contributed by atoms with Crippen LogP contribution in [0.15, 0.2) is 66.7 Å². The van der Waals surface area contributed by atoms with Gasteiger partial charge in [0.25, 0.3) is 11.8 Å². The predicted octanol–water partition coefficient (Wildman–Crippen LogP) is 5.36. The van der Waals surface area contributed by atoms with Crippen molar-refractivity contribution < 1.29 is 9.59 Å². The van der Waals surface area contributed by atoms with Gasteiger partial charge in [0.05, 0.1) is 11.3 Å². The van der Waals surface area contributed by atoms with Gasteiger partial charge in [-0.15, -0.1) is 0 Å². The highest BCUT2D eigenvalue weighted by atomic mass is 16.2. The molecule has 182 valence electrons. The lowest BCUT2D eigenvalue weighted by Gasteiger charge is -2.28. The number of rotatable bonds is 5. The molecule has 0 bridgehead atoms. The molecule has 2 amide bonds. The number of amides is 2. The van der Waals surface area contributed by atoms with Gasteiger partial charge in [-0.3, -0.25) is 9.59 Å². The van der Waals surface area contributed by atoms with Gasteiger partial charge in [0.15, 0.2) is 0 Å². The smallest absolute Gasteiger partial charge is 0.260 e. The zero-order chi connectivity index (χ0) is 25.1. The quantitative estimate of drug-likeness (QED) is 0.546. The predicted molar refractivity (Wildman–Crippen MR) is 144 cm³/mol. The number of nitrogens with zero attached hydrogens (tertiary/aromatic N) is 3. The van der Waals surface area contributed by atoms with E-state index in [1.807, 2.05) is 91.5 Å². The second-order valence-corrected chi connectivity index (χ2v) is 9.53. The number of fused-ring (bicyclic) bond motifs is 1. The second-order valence-electron chi connectivity index (χ2n) is 9.53. The van der Waals surface area contributed by atoms with Crippen molar-refractivity contribution in [2.24, 2.45) is 0 Å². The van der Waals surface area contributed by atoms with Crippen LogP contribution < -0.4 is 15.1 Å². The molecule has 6 heteroatoms. The largest absolute Gasteiger partial charge is 0.377 e. The zero-order valence-electron chi connectivity index (χ0n) is 21.2. The molecular formula is C29H34N4O2. The first-order valence-corrected chi connectivity index (χ1v) is 12.0. The van der Waals surface area contributed by atoms with Gasteiger partial charge in [-0.05, 0) is 75.3 Å². The fourth-order valence-corrected chi connectivity index (χ4v) is 4.81. The lowest BCUT2D eigenvalue weighted by molar-refractivity contribution is 0.0986. The Bertz CT molecular complexity index is 1230. The van der Waals surface area contributed by atoms with Gasteiger partial charge in [0, 0.05) is 43.6 Å². The highest BCUT2D eigenvalue weighted by molar-refractivity contribution is 6.11. The van der Waals surface area contributed by atoms with Crippen LogP contribution >= 0.6 is 0 Å². The maximum Gasteiger partial charge on any atom is 0.260 e. The van der Waals surface area contributed by atoms with E-state index < -0.39 is 0 Å². The van der Waals surface area contributed by atoms with Crippen LogP contribution in [-0.2, 0) is 0 Å². The fraction of sp³-hybridized carbons (Fsp3) is 0.310. The molecule has 0 fully saturated rings. The molecule has 0 saturated heterocycles. The highest BCUT2D eigenvalue weighted by Gasteiger charge is 2.29. The number of para-hydroxylation sites is 1. The summed E-state index contributed by atoms with van der Waals surface area (Å²) in [6.07, 6.45) is 1.92. The second kappa shape index (κ2) is 10.3. The third-order valence-corrected chi connectivity index (χ3v) is 6.67. The Balaban J connectivity index is 1.66. The number of hydrogen-bond donors (Lipinski definition) is 1. The van der Waals surface area contributed by atoms with E-state index in [2.05, 4.69) is 30.4 Å². The van der Waals surface area contributed by atoms with Crippen molar-refractivity contribution >= 4 is 28.9 Å². The summed E-state index contributed by atoms with van der Waals surface area (Å²) in [4.78, 5) is 32.8. The van der Waals surface area contributed by atoms with Gasteiger partial charge in [-0.25, -0.2) is 0 Å². The van der Waals surface area contributed by atoms with Gasteiger partial charge >= 0.3 is 0 Å². The van der Waals surface area contributed by atoms with E-state index in [1.165, 1.54) is 5.56 Å². The molecule has 4 rings (SSSR count). The topological polar surface area (TPSA) is 55.9 Å². The van der Waals surface area contributed by atoms with Crippen molar-refractivity contribution in [2.45, 2.75) is 25.8 Å². The van der Waals surface area contributed by atoms with E-state index in [4.69, 9.17) is 0 Å². The van der Waals surface area contributed by atoms with Crippen molar-refractivity contribution in [2.75, 3.05) is 49.9 Å². The molecule has 0 radical (unpaired) electrons. The minimum absolute atomic E-state index is 0.0302. The van der Waals surface area contributed by atoms with E-state index >= 15 is 0 Å². The molecule has 0 aromatic heterocycles. The first-order chi connectivity index (χ1) is 16.8. The molecule has 1 atom stereocenters. The molecule has 0 spiro atoms. The Kier molecular flexibility index (Phi) is 7.22. The van der Waals surface area contributed by atoms with Gasteiger partial charge in [-0.2, -0.15) is 0 Å². The van der Waals surface area contributed by atoms with Gasteiger partial charge < -0.3 is 20.0 Å². The summed E-state index contributed by atoms with van der Waals surface area (Å²) < 4.78 is 0. The Morgan fingerprint density at radius 2 is 1.63 bits per heavy atom. The van der Waals surface area contributed by atoms with Gasteiger partial charge in [0.2, 0.25) is 0 Å². The third kappa shape index (κ3) is 5.08. The molecular weight excluding hydrogens is 436 g/mol. The maximum atomic E-state index is 13.9. The van der Waals surface area contributed by atoms with E-state index in [9.17, 15) is 9.59 Å². The zero-order valence-corrected chi connectivity index (χ0v) is 21.2. The van der Waals surface area contributed by atoms with Crippen LogP contribution in [0.4, 0.5) is 17.1 Å². The Morgan fingerprint density at radius 1 is 0.914 bits per heavy atom. The van der Waals surface area contributed by atoms with Crippen LogP contribution in [0.2, 0.25) is 0 Å². The number of benzene rings is 3. The van der Waals surface area contributed by atoms with Crippen molar-refractivity contribution in [1.29, 1.82) is 0 Å². The average Bonchev–Trinajstić information content (AvgIpc) is 3.04. The van der Waals surface area contributed by atoms with E-state index in [0.29, 0.717) is 23.4 Å². The van der Waals surface area contributed by atoms with Crippen molar-refractivity contribution in [3.05, 3.63) is 89.0 Å². The van der Waals surface area contributed by atoms with E-state index in [1.54, 1.807) is 0 Å². The number of anilines is 3. The molecule has 1 N–H and O–H groups in total. The van der Waals surface area contributed by atoms with Gasteiger partial charge in [-0.1, -0.05) is 36.4 Å². The first kappa shape index (κ1) is 24.5. The summed E-state index contributed by atoms with van der Waals surface area (Å²) in [5.41, 5.74) is 5.73. The van der Waals surface area contributed by atoms with Crippen LogP contribution in [-0.4, -0.2) is 51.4 Å². The highest BCUT2D eigenvalue weighted by Crippen LogP contribution is 2.37. The Labute approximate surface area is 208 Å². The monoisotopic (exact) mass is 470 g/mol. The lowest BCUT2D eigenvalue weighted by atomic mass is 10.0. The fourth-order valence-electron chi connectivity index (χ4n) is 4.81. The molecule has 3 aromatic carbocycles. The molecule has 0 aliphatic carbocycles. The van der Waals surface area contributed by atoms with E-state index in [0.717, 1.165) is 29.8 Å². The standard InChI is InChI=1S/C29H34N4O2/c1-20-11-6-7-12-22(20)28(34)30-21-16-17-24(27(19-21)32(4)5)29(35)33-18-10-15-25(31(2)3)23-13-8-9-14-26(23)33/h6-9,11-14,16-17,19,25H,10,15,18H2,1-5H3,(H,30,34). The normalized spacial score (nSPS) is 15.4. The molecule has 1 heterocycles. The van der Waals surface area contributed by atoms with Crippen LogP contribution in [0.3, 0.4) is 0 Å². The van der Waals surface area contributed by atoms with Crippen molar-refractivity contribution in [3.8, 4) is 0 Å². The number of hydrogen-bond acceptors (Lipinski definition) is 4. The summed E-state index contributed by atoms with van der Waals surface area (Å²) in [7, 11) is 8.01. The average molecular weight is 471 g/mol. The summed E-state index contributed by atoms with van der Waals surface area (Å²) >= 11 is 0. The van der Waals surface area contributed by atoms with Crippen molar-refractivity contribution in [3.63, 3.8) is 0 Å².